The zero-order valence-electron chi connectivity index (χ0n) is 14.0. The van der Waals surface area contributed by atoms with Gasteiger partial charge in [0.2, 0.25) is 0 Å². The standard InChI is InChI=1S/C18H23N3O2S/c1-13(17-8-5-9-24-17)10-20-18(19-2)21-11-14-12-22-15-6-3-4-7-16(15)23-14/h3-9,13-14H,10-12H2,1-2H3,(H2,19,20,21). The number of hydrogen-bond acceptors (Lipinski definition) is 4. The smallest absolute Gasteiger partial charge is 0.191 e. The highest BCUT2D eigenvalue weighted by Gasteiger charge is 2.20. The fraction of sp³-hybridized carbons (Fsp3) is 0.389. The third-order valence-electron chi connectivity index (χ3n) is 3.89. The number of nitrogens with one attached hydrogen (secondary N) is 2. The lowest BCUT2D eigenvalue weighted by molar-refractivity contribution is 0.0936. The normalized spacial score (nSPS) is 18.1. The van der Waals surface area contributed by atoms with E-state index in [1.54, 1.807) is 18.4 Å². The second kappa shape index (κ2) is 8.06. The number of guanidine groups is 1. The van der Waals surface area contributed by atoms with Gasteiger partial charge >= 0.3 is 0 Å². The molecule has 1 aliphatic rings. The van der Waals surface area contributed by atoms with Crippen molar-refractivity contribution in [2.75, 3.05) is 26.7 Å². The molecule has 128 valence electrons. The topological polar surface area (TPSA) is 54.9 Å². The van der Waals surface area contributed by atoms with Crippen molar-refractivity contribution < 1.29 is 9.47 Å². The van der Waals surface area contributed by atoms with Crippen molar-refractivity contribution in [1.82, 2.24) is 10.6 Å². The maximum atomic E-state index is 5.94. The summed E-state index contributed by atoms with van der Waals surface area (Å²) < 4.78 is 11.7. The van der Waals surface area contributed by atoms with Crippen molar-refractivity contribution >= 4 is 17.3 Å². The maximum Gasteiger partial charge on any atom is 0.191 e. The Kier molecular flexibility index (Phi) is 5.59. The number of benzene rings is 1. The summed E-state index contributed by atoms with van der Waals surface area (Å²) in [5.74, 6) is 2.83. The van der Waals surface area contributed by atoms with Gasteiger partial charge in [0, 0.05) is 24.4 Å². The van der Waals surface area contributed by atoms with Crippen LogP contribution in [0.4, 0.5) is 0 Å². The van der Waals surface area contributed by atoms with Gasteiger partial charge in [-0.25, -0.2) is 0 Å². The Morgan fingerprint density at radius 2 is 2.08 bits per heavy atom. The molecule has 3 rings (SSSR count). The predicted octanol–water partition coefficient (Wildman–Crippen LogP) is 2.86. The van der Waals surface area contributed by atoms with Gasteiger partial charge in [0.1, 0.15) is 12.7 Å². The highest BCUT2D eigenvalue weighted by atomic mass is 32.1. The molecule has 1 aliphatic heterocycles. The van der Waals surface area contributed by atoms with Gasteiger partial charge in [-0.05, 0) is 23.6 Å². The van der Waals surface area contributed by atoms with Crippen LogP contribution in [0, 0.1) is 0 Å². The van der Waals surface area contributed by atoms with Gasteiger partial charge < -0.3 is 20.1 Å². The van der Waals surface area contributed by atoms with Crippen LogP contribution >= 0.6 is 11.3 Å². The Morgan fingerprint density at radius 3 is 2.83 bits per heavy atom. The first-order valence-electron chi connectivity index (χ1n) is 8.12. The quantitative estimate of drug-likeness (QED) is 0.646. The van der Waals surface area contributed by atoms with E-state index in [0.717, 1.165) is 24.0 Å². The molecule has 2 unspecified atom stereocenters. The molecule has 0 saturated carbocycles. The summed E-state index contributed by atoms with van der Waals surface area (Å²) in [5.41, 5.74) is 0. The number of fused-ring (bicyclic) bond motifs is 1. The molecule has 1 aromatic carbocycles. The minimum absolute atomic E-state index is 0.0341. The van der Waals surface area contributed by atoms with E-state index < -0.39 is 0 Å². The molecule has 2 atom stereocenters. The number of aliphatic imine (C=N–C) groups is 1. The van der Waals surface area contributed by atoms with Crippen LogP contribution in [0.1, 0.15) is 17.7 Å². The summed E-state index contributed by atoms with van der Waals surface area (Å²) in [7, 11) is 1.78. The zero-order chi connectivity index (χ0) is 16.8. The minimum Gasteiger partial charge on any atom is -0.486 e. The van der Waals surface area contributed by atoms with Crippen LogP contribution in [-0.2, 0) is 0 Å². The number of para-hydroxylation sites is 2. The first kappa shape index (κ1) is 16.6. The highest BCUT2D eigenvalue weighted by molar-refractivity contribution is 7.10. The Morgan fingerprint density at radius 1 is 1.25 bits per heavy atom. The molecule has 5 nitrogen and oxygen atoms in total. The van der Waals surface area contributed by atoms with Crippen LogP contribution in [0.5, 0.6) is 11.5 Å². The zero-order valence-corrected chi connectivity index (χ0v) is 14.8. The second-order valence-electron chi connectivity index (χ2n) is 5.75. The van der Waals surface area contributed by atoms with Gasteiger partial charge in [0.05, 0.1) is 6.54 Å². The van der Waals surface area contributed by atoms with Crippen molar-refractivity contribution in [1.29, 1.82) is 0 Å². The van der Waals surface area contributed by atoms with Crippen LogP contribution in [0.3, 0.4) is 0 Å². The molecule has 6 heteroatoms. The Balaban J connectivity index is 1.45. The highest BCUT2D eigenvalue weighted by Crippen LogP contribution is 2.30. The van der Waals surface area contributed by atoms with Gasteiger partial charge in [-0.1, -0.05) is 25.1 Å². The molecule has 2 heterocycles. The summed E-state index contributed by atoms with van der Waals surface area (Å²) in [6.45, 7) is 4.22. The van der Waals surface area contributed by atoms with E-state index in [1.165, 1.54) is 4.88 Å². The van der Waals surface area contributed by atoms with E-state index in [2.05, 4.69) is 40.1 Å². The van der Waals surface area contributed by atoms with E-state index in [4.69, 9.17) is 9.47 Å². The van der Waals surface area contributed by atoms with E-state index in [9.17, 15) is 0 Å². The van der Waals surface area contributed by atoms with Crippen LogP contribution < -0.4 is 20.1 Å². The van der Waals surface area contributed by atoms with Crippen molar-refractivity contribution in [3.8, 4) is 11.5 Å². The maximum absolute atomic E-state index is 5.94. The molecule has 2 N–H and O–H groups in total. The summed E-state index contributed by atoms with van der Waals surface area (Å²) >= 11 is 1.78. The van der Waals surface area contributed by atoms with Gasteiger partial charge in [0.25, 0.3) is 0 Å². The van der Waals surface area contributed by atoms with Gasteiger partial charge in [-0.15, -0.1) is 11.3 Å². The van der Waals surface area contributed by atoms with Crippen LogP contribution in [0.2, 0.25) is 0 Å². The molecule has 24 heavy (non-hydrogen) atoms. The number of hydrogen-bond donors (Lipinski definition) is 2. The van der Waals surface area contributed by atoms with Crippen LogP contribution in [0.15, 0.2) is 46.8 Å². The summed E-state index contributed by atoms with van der Waals surface area (Å²) in [4.78, 5) is 5.65. The molecule has 2 aromatic rings. The largest absolute Gasteiger partial charge is 0.486 e. The van der Waals surface area contributed by atoms with E-state index in [-0.39, 0.29) is 6.10 Å². The number of rotatable bonds is 5. The van der Waals surface area contributed by atoms with Crippen molar-refractivity contribution in [3.05, 3.63) is 46.7 Å². The van der Waals surface area contributed by atoms with Gasteiger partial charge in [0.15, 0.2) is 17.5 Å². The summed E-state index contributed by atoms with van der Waals surface area (Å²) in [6, 6.07) is 12.0. The number of nitrogens with zero attached hydrogens (tertiary/aromatic N) is 1. The molecule has 0 fully saturated rings. The molecule has 0 amide bonds. The van der Waals surface area contributed by atoms with Crippen molar-refractivity contribution in [2.45, 2.75) is 18.9 Å². The minimum atomic E-state index is -0.0341. The molecule has 0 bridgehead atoms. The summed E-state index contributed by atoms with van der Waals surface area (Å²) in [6.07, 6.45) is -0.0341. The second-order valence-corrected chi connectivity index (χ2v) is 6.73. The lowest BCUT2D eigenvalue weighted by Crippen LogP contribution is -2.46. The molecular weight excluding hydrogens is 322 g/mol. The monoisotopic (exact) mass is 345 g/mol. The Bertz CT molecular complexity index is 673. The predicted molar refractivity (Wildman–Crippen MR) is 98.5 cm³/mol. The Labute approximate surface area is 146 Å². The van der Waals surface area contributed by atoms with Gasteiger partial charge in [-0.2, -0.15) is 0 Å². The lowest BCUT2D eigenvalue weighted by Gasteiger charge is -2.27. The van der Waals surface area contributed by atoms with E-state index >= 15 is 0 Å². The average Bonchev–Trinajstić information content (AvgIpc) is 3.16. The number of thiophene rings is 1. The van der Waals surface area contributed by atoms with Crippen LogP contribution in [0.25, 0.3) is 0 Å². The molecule has 0 saturated heterocycles. The Hall–Kier alpha value is -2.21. The third-order valence-corrected chi connectivity index (χ3v) is 5.00. The van der Waals surface area contributed by atoms with E-state index in [0.29, 0.717) is 19.1 Å². The first-order chi connectivity index (χ1) is 11.8. The number of ether oxygens (including phenoxy) is 2. The molecule has 1 aromatic heterocycles. The SMILES string of the molecule is CN=C(NCC1COc2ccccc2O1)NCC(C)c1cccs1. The van der Waals surface area contributed by atoms with Crippen molar-refractivity contribution in [2.24, 2.45) is 4.99 Å². The molecule has 0 aliphatic carbocycles. The molecule has 0 spiro atoms. The molecule has 0 radical (unpaired) electrons. The average molecular weight is 345 g/mol. The van der Waals surface area contributed by atoms with Crippen molar-refractivity contribution in [3.63, 3.8) is 0 Å². The van der Waals surface area contributed by atoms with E-state index in [1.807, 2.05) is 24.3 Å². The third kappa shape index (κ3) is 4.20. The van der Waals surface area contributed by atoms with Gasteiger partial charge in [-0.3, -0.25) is 4.99 Å². The fourth-order valence-electron chi connectivity index (χ4n) is 2.52. The molecular formula is C18H23N3O2S. The van der Waals surface area contributed by atoms with Crippen LogP contribution in [-0.4, -0.2) is 38.8 Å². The summed E-state index contributed by atoms with van der Waals surface area (Å²) in [5, 5.41) is 8.78. The first-order valence-corrected chi connectivity index (χ1v) is 9.00. The fourth-order valence-corrected chi connectivity index (χ4v) is 3.30. The lowest BCUT2D eigenvalue weighted by atomic mass is 10.1.